The monoisotopic (exact) mass is 493 g/mol. The van der Waals surface area contributed by atoms with Crippen LogP contribution in [0.25, 0.3) is 0 Å². The molecule has 0 atom stereocenters. The first-order valence-corrected chi connectivity index (χ1v) is 9.54. The third kappa shape index (κ3) is 7.37. The smallest absolute Gasteiger partial charge is 0.293 e. The van der Waals surface area contributed by atoms with Crippen molar-refractivity contribution in [1.29, 1.82) is 0 Å². The van der Waals surface area contributed by atoms with E-state index in [-0.39, 0.29) is 23.2 Å². The Kier molecular flexibility index (Phi) is 8.36. The van der Waals surface area contributed by atoms with E-state index >= 15 is 0 Å². The number of carbonyl (C=O) groups is 2. The number of nitrogens with one attached hydrogen (secondary N) is 3. The SMILES string of the molecule is O=C(CCCOc1ccc(Cl)cc1Cl)NNC(=S)NC(=O)c1ccc(Br)o1. The molecule has 0 aliphatic carbocycles. The molecule has 0 aliphatic heterocycles. The minimum absolute atomic E-state index is 0.0648. The van der Waals surface area contributed by atoms with Crippen molar-refractivity contribution in [2.45, 2.75) is 12.8 Å². The maximum absolute atomic E-state index is 11.8. The summed E-state index contributed by atoms with van der Waals surface area (Å²) in [6, 6.07) is 7.95. The average Bonchev–Trinajstić information content (AvgIpc) is 3.05. The molecule has 0 radical (unpaired) electrons. The largest absolute Gasteiger partial charge is 0.492 e. The van der Waals surface area contributed by atoms with Gasteiger partial charge in [0.2, 0.25) is 5.91 Å². The van der Waals surface area contributed by atoms with Crippen LogP contribution in [0.1, 0.15) is 23.4 Å². The molecule has 0 saturated heterocycles. The highest BCUT2D eigenvalue weighted by atomic mass is 79.9. The summed E-state index contributed by atoms with van der Waals surface area (Å²) < 4.78 is 11.0. The maximum atomic E-state index is 11.8. The molecule has 144 valence electrons. The highest BCUT2D eigenvalue weighted by Crippen LogP contribution is 2.27. The predicted molar refractivity (Wildman–Crippen MR) is 109 cm³/mol. The van der Waals surface area contributed by atoms with Gasteiger partial charge in [-0.25, -0.2) is 0 Å². The fraction of sp³-hybridized carbons (Fsp3) is 0.188. The van der Waals surface area contributed by atoms with E-state index in [1.807, 2.05) is 0 Å². The Morgan fingerprint density at radius 3 is 2.63 bits per heavy atom. The summed E-state index contributed by atoms with van der Waals surface area (Å²) in [6.45, 7) is 0.295. The van der Waals surface area contributed by atoms with Gasteiger partial charge in [0.1, 0.15) is 5.75 Å². The fourth-order valence-electron chi connectivity index (χ4n) is 1.83. The summed E-state index contributed by atoms with van der Waals surface area (Å²) in [7, 11) is 0. The lowest BCUT2D eigenvalue weighted by atomic mass is 10.3. The topological polar surface area (TPSA) is 92.6 Å². The quantitative estimate of drug-likeness (QED) is 0.321. The molecule has 0 bridgehead atoms. The first-order valence-electron chi connectivity index (χ1n) is 7.58. The second-order valence-corrected chi connectivity index (χ2v) is 7.12. The van der Waals surface area contributed by atoms with Gasteiger partial charge < -0.3 is 9.15 Å². The van der Waals surface area contributed by atoms with Crippen LogP contribution >= 0.6 is 51.3 Å². The molecule has 1 heterocycles. The molecule has 1 aromatic heterocycles. The molecule has 0 spiro atoms. The zero-order valence-electron chi connectivity index (χ0n) is 13.7. The van der Waals surface area contributed by atoms with Gasteiger partial charge in [0.05, 0.1) is 11.6 Å². The van der Waals surface area contributed by atoms with Crippen LogP contribution < -0.4 is 20.9 Å². The van der Waals surface area contributed by atoms with E-state index in [2.05, 4.69) is 32.1 Å². The molecular weight excluding hydrogens is 481 g/mol. The first-order chi connectivity index (χ1) is 12.8. The summed E-state index contributed by atoms with van der Waals surface area (Å²) in [6.07, 6.45) is 0.631. The molecule has 1 aromatic carbocycles. The summed E-state index contributed by atoms with van der Waals surface area (Å²) in [4.78, 5) is 23.6. The van der Waals surface area contributed by atoms with E-state index in [9.17, 15) is 9.59 Å². The molecule has 0 unspecified atom stereocenters. The standard InChI is InChI=1S/C16H14BrCl2N3O4S/c17-13-6-5-12(26-13)15(24)20-16(27)22-21-14(23)2-1-7-25-11-4-3-9(18)8-10(11)19/h3-6,8H,1-2,7H2,(H,21,23)(H2,20,22,24,27). The molecule has 3 N–H and O–H groups in total. The van der Waals surface area contributed by atoms with Gasteiger partial charge in [0, 0.05) is 11.4 Å². The van der Waals surface area contributed by atoms with Crippen molar-refractivity contribution in [3.05, 3.63) is 50.8 Å². The Hall–Kier alpha value is -1.81. The van der Waals surface area contributed by atoms with Crippen molar-refractivity contribution in [3.63, 3.8) is 0 Å². The minimum Gasteiger partial charge on any atom is -0.492 e. The Morgan fingerprint density at radius 1 is 1.19 bits per heavy atom. The summed E-state index contributed by atoms with van der Waals surface area (Å²) in [5.41, 5.74) is 4.81. The number of benzene rings is 1. The number of carbonyl (C=O) groups excluding carboxylic acids is 2. The van der Waals surface area contributed by atoms with Crippen LogP contribution in [-0.4, -0.2) is 23.5 Å². The highest BCUT2D eigenvalue weighted by Gasteiger charge is 2.12. The van der Waals surface area contributed by atoms with E-state index in [0.29, 0.717) is 33.5 Å². The number of rotatable bonds is 6. The van der Waals surface area contributed by atoms with Gasteiger partial charge in [-0.15, -0.1) is 0 Å². The van der Waals surface area contributed by atoms with Gasteiger partial charge in [-0.2, -0.15) is 0 Å². The number of amides is 2. The van der Waals surface area contributed by atoms with E-state index in [0.717, 1.165) is 0 Å². The summed E-state index contributed by atoms with van der Waals surface area (Å²) in [5.74, 6) is -0.290. The van der Waals surface area contributed by atoms with E-state index in [1.54, 1.807) is 24.3 Å². The molecular formula is C16H14BrCl2N3O4S. The van der Waals surface area contributed by atoms with E-state index in [1.165, 1.54) is 6.07 Å². The van der Waals surface area contributed by atoms with Crippen molar-refractivity contribution in [2.24, 2.45) is 0 Å². The average molecular weight is 495 g/mol. The van der Waals surface area contributed by atoms with Gasteiger partial charge in [0.15, 0.2) is 15.5 Å². The highest BCUT2D eigenvalue weighted by molar-refractivity contribution is 9.10. The van der Waals surface area contributed by atoms with E-state index < -0.39 is 5.91 Å². The fourth-order valence-corrected chi connectivity index (χ4v) is 2.74. The molecule has 0 saturated carbocycles. The van der Waals surface area contributed by atoms with Gasteiger partial charge in [-0.1, -0.05) is 23.2 Å². The molecule has 0 fully saturated rings. The van der Waals surface area contributed by atoms with Crippen LogP contribution in [-0.2, 0) is 4.79 Å². The third-order valence-electron chi connectivity index (χ3n) is 3.04. The Bertz CT molecular complexity index is 847. The van der Waals surface area contributed by atoms with E-state index in [4.69, 9.17) is 44.6 Å². The third-order valence-corrected chi connectivity index (χ3v) is 4.20. The number of furan rings is 1. The molecule has 0 aliphatic rings. The summed E-state index contributed by atoms with van der Waals surface area (Å²) >= 11 is 19.8. The van der Waals surface area contributed by atoms with Crippen molar-refractivity contribution >= 4 is 68.3 Å². The van der Waals surface area contributed by atoms with Crippen molar-refractivity contribution in [3.8, 4) is 5.75 Å². The number of hydrazine groups is 1. The van der Waals surface area contributed by atoms with Gasteiger partial charge in [-0.05, 0) is 64.9 Å². The Labute approximate surface area is 178 Å². The van der Waals surface area contributed by atoms with Crippen molar-refractivity contribution in [1.82, 2.24) is 16.2 Å². The van der Waals surface area contributed by atoms with Gasteiger partial charge in [-0.3, -0.25) is 25.8 Å². The molecule has 7 nitrogen and oxygen atoms in total. The van der Waals surface area contributed by atoms with Crippen LogP contribution in [0, 0.1) is 0 Å². The van der Waals surface area contributed by atoms with Gasteiger partial charge in [0.25, 0.3) is 5.91 Å². The lowest BCUT2D eigenvalue weighted by molar-refractivity contribution is -0.121. The zero-order chi connectivity index (χ0) is 19.8. The van der Waals surface area contributed by atoms with Crippen LogP contribution in [0.2, 0.25) is 10.0 Å². The second kappa shape index (κ2) is 10.5. The molecule has 2 aromatic rings. The predicted octanol–water partition coefficient (Wildman–Crippen LogP) is 3.84. The first kappa shape index (κ1) is 21.5. The number of halogens is 3. The number of ether oxygens (including phenoxy) is 1. The Balaban J connectivity index is 1.62. The zero-order valence-corrected chi connectivity index (χ0v) is 17.6. The summed E-state index contributed by atoms with van der Waals surface area (Å²) in [5, 5.41) is 3.22. The normalized spacial score (nSPS) is 10.2. The van der Waals surface area contributed by atoms with Crippen LogP contribution in [0.3, 0.4) is 0 Å². The van der Waals surface area contributed by atoms with Crippen LogP contribution in [0.4, 0.5) is 0 Å². The number of hydrogen-bond donors (Lipinski definition) is 3. The van der Waals surface area contributed by atoms with Gasteiger partial charge >= 0.3 is 0 Å². The molecule has 2 amide bonds. The Morgan fingerprint density at radius 2 is 1.96 bits per heavy atom. The van der Waals surface area contributed by atoms with Crippen molar-refractivity contribution in [2.75, 3.05) is 6.61 Å². The number of thiocarbonyl (C=S) groups is 1. The lowest BCUT2D eigenvalue weighted by Gasteiger charge is -2.11. The lowest BCUT2D eigenvalue weighted by Crippen LogP contribution is -2.48. The minimum atomic E-state index is -0.541. The number of hydrogen-bond acceptors (Lipinski definition) is 5. The second-order valence-electron chi connectivity index (χ2n) is 5.09. The molecule has 11 heteroatoms. The molecule has 2 rings (SSSR count). The van der Waals surface area contributed by atoms with Crippen LogP contribution in [0.15, 0.2) is 39.4 Å². The van der Waals surface area contributed by atoms with Crippen LogP contribution in [0.5, 0.6) is 5.75 Å². The maximum Gasteiger partial charge on any atom is 0.293 e. The van der Waals surface area contributed by atoms with Crippen molar-refractivity contribution < 1.29 is 18.7 Å². The molecule has 27 heavy (non-hydrogen) atoms.